The van der Waals surface area contributed by atoms with Gasteiger partial charge in [-0.1, -0.05) is 0 Å². The van der Waals surface area contributed by atoms with E-state index >= 15 is 0 Å². The average Bonchev–Trinajstić information content (AvgIpc) is 2.66. The molecule has 0 saturated carbocycles. The van der Waals surface area contributed by atoms with Gasteiger partial charge in [-0.3, -0.25) is 9.59 Å². The Kier molecular flexibility index (Phi) is 2.96. The van der Waals surface area contributed by atoms with Crippen molar-refractivity contribution in [2.45, 2.75) is 13.0 Å². The van der Waals surface area contributed by atoms with Crippen LogP contribution >= 0.6 is 0 Å². The summed E-state index contributed by atoms with van der Waals surface area (Å²) in [6.07, 6.45) is 1.44. The maximum absolute atomic E-state index is 13.5. The second kappa shape index (κ2) is 4.92. The van der Waals surface area contributed by atoms with Crippen molar-refractivity contribution >= 4 is 16.8 Å². The maximum atomic E-state index is 13.5. The van der Waals surface area contributed by atoms with Gasteiger partial charge >= 0.3 is 0 Å². The molecule has 2 aromatic heterocycles. The van der Waals surface area contributed by atoms with Crippen molar-refractivity contribution in [1.29, 1.82) is 0 Å². The quantitative estimate of drug-likeness (QED) is 0.683. The Balaban J connectivity index is 2.18. The fraction of sp³-hybridized carbons (Fsp3) is 0.125. The largest absolute Gasteiger partial charge is 0.342 e. The van der Waals surface area contributed by atoms with Gasteiger partial charge in [-0.05, 0) is 25.1 Å². The minimum absolute atomic E-state index is 0.0191. The predicted molar refractivity (Wildman–Crippen MR) is 80.9 cm³/mol. The zero-order chi connectivity index (χ0) is 17.0. The summed E-state index contributed by atoms with van der Waals surface area (Å²) in [7, 11) is 0. The molecule has 0 aliphatic carbocycles. The van der Waals surface area contributed by atoms with Gasteiger partial charge in [0.15, 0.2) is 17.5 Å². The second-order valence-corrected chi connectivity index (χ2v) is 5.46. The van der Waals surface area contributed by atoms with Gasteiger partial charge in [0.2, 0.25) is 0 Å². The molecule has 24 heavy (non-hydrogen) atoms. The normalized spacial score (nSPS) is 16.3. The van der Waals surface area contributed by atoms with Crippen molar-refractivity contribution in [2.75, 3.05) is 0 Å². The van der Waals surface area contributed by atoms with E-state index in [0.717, 1.165) is 16.7 Å². The molecule has 120 valence electrons. The Bertz CT molecular complexity index is 1080. The molecule has 1 aliphatic rings. The number of hydrogen-bond acceptors (Lipinski definition) is 4. The van der Waals surface area contributed by atoms with Crippen LogP contribution < -0.4 is 10.9 Å². The van der Waals surface area contributed by atoms with Gasteiger partial charge in [0, 0.05) is 12.3 Å². The van der Waals surface area contributed by atoms with Crippen LogP contribution in [0, 0.1) is 11.6 Å². The number of nitrogens with one attached hydrogen (secondary N) is 1. The standard InChI is InChI=1S/C16H10F2N4O2/c1-7-13-21-12-6-11(18)10(17)5-9(12)16(24)22(13)14-8(15(23)20-7)3-2-4-19-14/h2-7H,1H3,(H,20,23). The molecule has 1 aliphatic heterocycles. The van der Waals surface area contributed by atoms with Gasteiger partial charge in [0.1, 0.15) is 5.82 Å². The first-order valence-corrected chi connectivity index (χ1v) is 7.15. The van der Waals surface area contributed by atoms with E-state index in [1.807, 2.05) is 0 Å². The third kappa shape index (κ3) is 1.92. The molecule has 0 radical (unpaired) electrons. The Hall–Kier alpha value is -3.16. The van der Waals surface area contributed by atoms with E-state index in [4.69, 9.17) is 0 Å². The van der Waals surface area contributed by atoms with Gasteiger partial charge in [0.05, 0.1) is 22.5 Å². The second-order valence-electron chi connectivity index (χ2n) is 5.46. The molecule has 6 nitrogen and oxygen atoms in total. The summed E-state index contributed by atoms with van der Waals surface area (Å²) in [4.78, 5) is 33.5. The van der Waals surface area contributed by atoms with Crippen LogP contribution in [0.15, 0.2) is 35.3 Å². The fourth-order valence-corrected chi connectivity index (χ4v) is 2.78. The Labute approximate surface area is 133 Å². The van der Waals surface area contributed by atoms with Gasteiger partial charge < -0.3 is 5.32 Å². The summed E-state index contributed by atoms with van der Waals surface area (Å²) in [5, 5.41) is 2.62. The number of pyridine rings is 1. The number of halogens is 2. The van der Waals surface area contributed by atoms with E-state index in [1.54, 1.807) is 13.0 Å². The van der Waals surface area contributed by atoms with Gasteiger partial charge in [-0.25, -0.2) is 23.3 Å². The monoisotopic (exact) mass is 328 g/mol. The van der Waals surface area contributed by atoms with Crippen molar-refractivity contribution in [3.05, 3.63) is 63.8 Å². The van der Waals surface area contributed by atoms with E-state index in [-0.39, 0.29) is 28.1 Å². The smallest absolute Gasteiger partial charge is 0.267 e. The Morgan fingerprint density at radius 2 is 1.96 bits per heavy atom. The molecule has 4 rings (SSSR count). The minimum atomic E-state index is -1.14. The van der Waals surface area contributed by atoms with Crippen LogP contribution in [0.5, 0.6) is 0 Å². The minimum Gasteiger partial charge on any atom is -0.342 e. The first kappa shape index (κ1) is 14.4. The van der Waals surface area contributed by atoms with Crippen LogP contribution in [-0.4, -0.2) is 20.4 Å². The molecule has 0 bridgehead atoms. The van der Waals surface area contributed by atoms with Crippen molar-refractivity contribution < 1.29 is 13.6 Å². The highest BCUT2D eigenvalue weighted by Gasteiger charge is 2.28. The molecule has 3 heterocycles. The molecule has 8 heteroatoms. The molecular formula is C16H10F2N4O2. The van der Waals surface area contributed by atoms with E-state index in [1.165, 1.54) is 12.3 Å². The number of fused-ring (bicyclic) bond motifs is 4. The number of benzene rings is 1. The number of carbonyl (C=O) groups is 1. The van der Waals surface area contributed by atoms with Crippen molar-refractivity contribution in [3.8, 4) is 5.82 Å². The summed E-state index contributed by atoms with van der Waals surface area (Å²) in [5.74, 6) is -2.33. The summed E-state index contributed by atoms with van der Waals surface area (Å²) < 4.78 is 28.2. The third-order valence-electron chi connectivity index (χ3n) is 3.91. The van der Waals surface area contributed by atoms with E-state index in [0.29, 0.717) is 0 Å². The molecule has 1 N–H and O–H groups in total. The van der Waals surface area contributed by atoms with E-state index < -0.39 is 29.1 Å². The van der Waals surface area contributed by atoms with Gasteiger partial charge in [-0.15, -0.1) is 0 Å². The number of aromatic nitrogens is 3. The average molecular weight is 328 g/mol. The summed E-state index contributed by atoms with van der Waals surface area (Å²) in [5.41, 5.74) is -0.392. The Morgan fingerprint density at radius 3 is 2.75 bits per heavy atom. The number of amides is 1. The highest BCUT2D eigenvalue weighted by molar-refractivity contribution is 5.98. The molecule has 0 saturated heterocycles. The maximum Gasteiger partial charge on any atom is 0.267 e. The topological polar surface area (TPSA) is 76.9 Å². The van der Waals surface area contributed by atoms with Crippen molar-refractivity contribution in [2.24, 2.45) is 0 Å². The first-order chi connectivity index (χ1) is 11.5. The number of rotatable bonds is 0. The van der Waals surface area contributed by atoms with Crippen LogP contribution in [0.3, 0.4) is 0 Å². The fourth-order valence-electron chi connectivity index (χ4n) is 2.78. The predicted octanol–water partition coefficient (Wildman–Crippen LogP) is 1.86. The SMILES string of the molecule is CC1NC(=O)c2cccnc2-n2c1nc1cc(F)c(F)cc1c2=O. The molecule has 0 spiro atoms. The molecule has 1 amide bonds. The number of hydrogen-bond donors (Lipinski definition) is 1. The lowest BCUT2D eigenvalue weighted by atomic mass is 10.2. The lowest BCUT2D eigenvalue weighted by Gasteiger charge is -2.14. The molecule has 1 aromatic carbocycles. The van der Waals surface area contributed by atoms with Crippen LogP contribution in [0.2, 0.25) is 0 Å². The van der Waals surface area contributed by atoms with Gasteiger partial charge in [-0.2, -0.15) is 0 Å². The van der Waals surface area contributed by atoms with E-state index in [2.05, 4.69) is 15.3 Å². The zero-order valence-electron chi connectivity index (χ0n) is 12.4. The molecule has 1 atom stereocenters. The highest BCUT2D eigenvalue weighted by atomic mass is 19.2. The van der Waals surface area contributed by atoms with Crippen LogP contribution in [0.25, 0.3) is 16.7 Å². The molecule has 1 unspecified atom stereocenters. The summed E-state index contributed by atoms with van der Waals surface area (Å²) in [6.45, 7) is 1.65. The first-order valence-electron chi connectivity index (χ1n) is 7.15. The van der Waals surface area contributed by atoms with E-state index in [9.17, 15) is 18.4 Å². The van der Waals surface area contributed by atoms with Crippen molar-refractivity contribution in [1.82, 2.24) is 19.9 Å². The van der Waals surface area contributed by atoms with Gasteiger partial charge in [0.25, 0.3) is 11.5 Å². The van der Waals surface area contributed by atoms with Crippen molar-refractivity contribution in [3.63, 3.8) is 0 Å². The lowest BCUT2D eigenvalue weighted by Crippen LogP contribution is -2.29. The summed E-state index contributed by atoms with van der Waals surface area (Å²) >= 11 is 0. The molecule has 0 fully saturated rings. The number of nitrogens with zero attached hydrogens (tertiary/aromatic N) is 3. The zero-order valence-corrected chi connectivity index (χ0v) is 12.4. The highest BCUT2D eigenvalue weighted by Crippen LogP contribution is 2.23. The van der Waals surface area contributed by atoms with Crippen LogP contribution in [-0.2, 0) is 0 Å². The third-order valence-corrected chi connectivity index (χ3v) is 3.91. The molecule has 3 aromatic rings. The Morgan fingerprint density at radius 1 is 1.21 bits per heavy atom. The molecular weight excluding hydrogens is 318 g/mol. The van der Waals surface area contributed by atoms with Crippen LogP contribution in [0.4, 0.5) is 8.78 Å². The number of carbonyl (C=O) groups excluding carboxylic acids is 1. The summed E-state index contributed by atoms with van der Waals surface area (Å²) in [6, 6.07) is 4.16. The lowest BCUT2D eigenvalue weighted by molar-refractivity contribution is 0.0941. The van der Waals surface area contributed by atoms with Crippen LogP contribution in [0.1, 0.15) is 29.1 Å².